The van der Waals surface area contributed by atoms with Crippen LogP contribution >= 0.6 is 34.8 Å². The normalized spacial score (nSPS) is 46.7. The lowest BCUT2D eigenvalue weighted by Gasteiger charge is -2.46. The standard InChI is InChI=1S/C35H61NO12.CHCl3/c1-16-14-35(15-43-35)32(40)19(4)27(37)18(3)22(7)46-33(41)21(6)31(47-26-13-25(42-11)28(38)23(8)45-26)20(5)30(16)48-34-29(39)24(36(9)10)12-17(2)44-34;2-1(3)4/h16-31,34,37-39H,12-15H2,1-11H3;1H/t16-,17+,18-,19+,20+,21+,22+,23-,24-,25-,26-,27+,28-,29+,30?,31-,34-,35+;/m0./s1. The Bertz CT molecular complexity index is 1150. The number of ketones is 1. The molecule has 16 heteroatoms. The highest BCUT2D eigenvalue weighted by atomic mass is 35.6. The fourth-order valence-electron chi connectivity index (χ4n) is 7.89. The second-order valence-electron chi connectivity index (χ2n) is 15.5. The predicted octanol–water partition coefficient (Wildman–Crippen LogP) is 3.89. The lowest BCUT2D eigenvalue weighted by atomic mass is 9.76. The van der Waals surface area contributed by atoms with Crippen LogP contribution in [0.3, 0.4) is 0 Å². The van der Waals surface area contributed by atoms with E-state index in [1.54, 1.807) is 34.6 Å². The summed E-state index contributed by atoms with van der Waals surface area (Å²) in [6.07, 6.45) is -7.15. The number of ether oxygens (including phenoxy) is 7. The molecular weight excluding hydrogens is 745 g/mol. The number of hydrogen-bond acceptors (Lipinski definition) is 13. The van der Waals surface area contributed by atoms with Crippen LogP contribution < -0.4 is 0 Å². The Morgan fingerprint density at radius 1 is 0.808 bits per heavy atom. The molecular formula is C36H62Cl3NO12. The molecule has 1 unspecified atom stereocenters. The topological polar surface area (TPSA) is 166 Å². The van der Waals surface area contributed by atoms with E-state index in [0.717, 1.165) is 0 Å². The van der Waals surface area contributed by atoms with Gasteiger partial charge in [0, 0.05) is 37.3 Å². The van der Waals surface area contributed by atoms with Gasteiger partial charge in [-0.15, -0.1) is 0 Å². The van der Waals surface area contributed by atoms with Gasteiger partial charge in [0.25, 0.3) is 0 Å². The van der Waals surface area contributed by atoms with E-state index in [1.807, 2.05) is 39.8 Å². The number of aliphatic hydroxyl groups excluding tert-OH is 3. The smallest absolute Gasteiger partial charge is 0.311 e. The first-order chi connectivity index (χ1) is 24.1. The Hall–Kier alpha value is -0.390. The number of cyclic esters (lactones) is 1. The SMILES string of the molecule is CO[C@H]1C[C@H](O[C@H]2[C@H](C)C(O[C@@H]3O[C@H](C)C[C@H](N(C)C)[C@H]3O)[C@@H](C)C[C@@]3(CO3)C(=O)[C@H](C)[C@H](O)[C@@H](C)[C@@H](C)OC(=O)[C@@H]2C)O[C@@H](C)[C@@H]1O.ClC(Cl)Cl. The van der Waals surface area contributed by atoms with Crippen LogP contribution in [0.2, 0.25) is 0 Å². The molecule has 0 aliphatic carbocycles. The second kappa shape index (κ2) is 19.7. The molecule has 4 aliphatic heterocycles. The van der Waals surface area contributed by atoms with Crippen molar-refractivity contribution in [2.75, 3.05) is 27.8 Å². The molecule has 52 heavy (non-hydrogen) atoms. The summed E-state index contributed by atoms with van der Waals surface area (Å²) < 4.78 is 42.3. The first-order valence-corrected chi connectivity index (χ1v) is 19.6. The Balaban J connectivity index is 0.00000173. The quantitative estimate of drug-likeness (QED) is 0.201. The second-order valence-corrected chi connectivity index (χ2v) is 17.5. The van der Waals surface area contributed by atoms with E-state index < -0.39 is 101 Å². The summed E-state index contributed by atoms with van der Waals surface area (Å²) in [4.78, 5) is 29.7. The van der Waals surface area contributed by atoms with Crippen molar-refractivity contribution in [1.82, 2.24) is 4.90 Å². The Kier molecular flexibility index (Phi) is 17.4. The number of alkyl halides is 3. The highest BCUT2D eigenvalue weighted by Crippen LogP contribution is 2.43. The molecule has 0 bridgehead atoms. The van der Waals surface area contributed by atoms with Gasteiger partial charge in [0.1, 0.15) is 18.3 Å². The average molecular weight is 807 g/mol. The maximum absolute atomic E-state index is 13.9. The third kappa shape index (κ3) is 11.4. The number of aliphatic hydroxyl groups is 3. The van der Waals surface area contributed by atoms with Gasteiger partial charge in [-0.2, -0.15) is 0 Å². The molecule has 0 amide bonds. The third-order valence-corrected chi connectivity index (χ3v) is 11.4. The number of rotatable bonds is 6. The van der Waals surface area contributed by atoms with Crippen LogP contribution in [0.5, 0.6) is 0 Å². The van der Waals surface area contributed by atoms with E-state index in [9.17, 15) is 24.9 Å². The van der Waals surface area contributed by atoms with Gasteiger partial charge in [-0.1, -0.05) is 62.5 Å². The van der Waals surface area contributed by atoms with Crippen LogP contribution in [0.25, 0.3) is 0 Å². The summed E-state index contributed by atoms with van der Waals surface area (Å²) in [6.45, 7) is 14.6. The van der Waals surface area contributed by atoms with Crippen molar-refractivity contribution in [3.05, 3.63) is 0 Å². The largest absolute Gasteiger partial charge is 0.462 e. The number of nitrogens with zero attached hydrogens (tertiary/aromatic N) is 1. The van der Waals surface area contributed by atoms with E-state index in [1.165, 1.54) is 7.11 Å². The van der Waals surface area contributed by atoms with Crippen LogP contribution in [-0.4, -0.2) is 143 Å². The van der Waals surface area contributed by atoms with Crippen molar-refractivity contribution in [2.24, 2.45) is 29.6 Å². The summed E-state index contributed by atoms with van der Waals surface area (Å²) in [5.41, 5.74) is -1.10. The van der Waals surface area contributed by atoms with Gasteiger partial charge in [0.05, 0.1) is 49.1 Å². The molecule has 4 aliphatic rings. The minimum absolute atomic E-state index is 0.198. The maximum Gasteiger partial charge on any atom is 0.311 e. The number of methoxy groups -OCH3 is 1. The maximum atomic E-state index is 13.9. The van der Waals surface area contributed by atoms with Crippen molar-refractivity contribution in [3.8, 4) is 0 Å². The molecule has 0 aromatic heterocycles. The molecule has 0 saturated carbocycles. The van der Waals surface area contributed by atoms with Crippen LogP contribution in [0, 0.1) is 29.6 Å². The van der Waals surface area contributed by atoms with Crippen LogP contribution in [0.4, 0.5) is 0 Å². The van der Waals surface area contributed by atoms with Crippen molar-refractivity contribution >= 4 is 46.6 Å². The highest BCUT2D eigenvalue weighted by molar-refractivity contribution is 6.63. The molecule has 1 spiro atoms. The van der Waals surface area contributed by atoms with Crippen molar-refractivity contribution in [3.63, 3.8) is 0 Å². The molecule has 0 radical (unpaired) electrons. The molecule has 0 aromatic carbocycles. The van der Waals surface area contributed by atoms with Gasteiger partial charge in [-0.05, 0) is 60.5 Å². The van der Waals surface area contributed by atoms with E-state index in [-0.39, 0.29) is 43.3 Å². The summed E-state index contributed by atoms with van der Waals surface area (Å²) >= 11 is 14.4. The molecule has 13 nitrogen and oxygen atoms in total. The van der Waals surface area contributed by atoms with Crippen molar-refractivity contribution in [2.45, 2.75) is 158 Å². The zero-order valence-corrected chi connectivity index (χ0v) is 34.6. The molecule has 18 atom stereocenters. The van der Waals surface area contributed by atoms with E-state index >= 15 is 0 Å². The first kappa shape index (κ1) is 46.0. The predicted molar refractivity (Wildman–Crippen MR) is 195 cm³/mol. The van der Waals surface area contributed by atoms with Crippen molar-refractivity contribution < 1.29 is 58.1 Å². The fourth-order valence-corrected chi connectivity index (χ4v) is 7.89. The van der Waals surface area contributed by atoms with E-state index in [2.05, 4.69) is 0 Å². The number of carbonyl (C=O) groups excluding carboxylic acids is 2. The number of carbonyl (C=O) groups is 2. The Labute approximate surface area is 324 Å². The number of epoxide rings is 1. The molecule has 4 saturated heterocycles. The van der Waals surface area contributed by atoms with E-state index in [4.69, 9.17) is 68.0 Å². The fraction of sp³-hybridized carbons (Fsp3) is 0.944. The Morgan fingerprint density at radius 2 is 1.40 bits per heavy atom. The highest BCUT2D eigenvalue weighted by Gasteiger charge is 2.57. The number of Topliss-reactive ketones (excluding diaryl/α,β-unsaturated/α-hetero) is 1. The van der Waals surface area contributed by atoms with Gasteiger partial charge in [0.2, 0.25) is 0 Å². The van der Waals surface area contributed by atoms with E-state index in [0.29, 0.717) is 6.42 Å². The number of halogens is 3. The summed E-state index contributed by atoms with van der Waals surface area (Å²) in [7, 11) is 5.32. The van der Waals surface area contributed by atoms with Crippen LogP contribution in [0.15, 0.2) is 0 Å². The molecule has 0 aromatic rings. The monoisotopic (exact) mass is 805 g/mol. The van der Waals surface area contributed by atoms with Crippen LogP contribution in [-0.2, 0) is 42.7 Å². The van der Waals surface area contributed by atoms with Gasteiger partial charge >= 0.3 is 5.97 Å². The lowest BCUT2D eigenvalue weighted by Crippen LogP contribution is -2.57. The van der Waals surface area contributed by atoms with Gasteiger partial charge in [0.15, 0.2) is 28.3 Å². The minimum atomic E-state index is -1.10. The zero-order valence-electron chi connectivity index (χ0n) is 32.3. The molecule has 4 rings (SSSR count). The molecule has 4 heterocycles. The third-order valence-electron chi connectivity index (χ3n) is 11.4. The van der Waals surface area contributed by atoms with Crippen molar-refractivity contribution in [1.29, 1.82) is 0 Å². The van der Waals surface area contributed by atoms with Gasteiger partial charge in [-0.3, -0.25) is 9.59 Å². The minimum Gasteiger partial charge on any atom is -0.462 e. The summed E-state index contributed by atoms with van der Waals surface area (Å²) in [5.74, 6) is -3.74. The zero-order chi connectivity index (χ0) is 39.4. The molecule has 304 valence electrons. The van der Waals surface area contributed by atoms with Gasteiger partial charge < -0.3 is 53.4 Å². The average Bonchev–Trinajstić information content (AvgIpc) is 3.86. The van der Waals surface area contributed by atoms with Crippen LogP contribution in [0.1, 0.15) is 74.7 Å². The lowest BCUT2D eigenvalue weighted by molar-refractivity contribution is -0.299. The first-order valence-electron chi connectivity index (χ1n) is 18.3. The molecule has 3 N–H and O–H groups in total. The number of esters is 1. The number of hydrogen-bond donors (Lipinski definition) is 3. The summed E-state index contributed by atoms with van der Waals surface area (Å²) in [5, 5.41) is 33.3. The number of likely N-dealkylation sites (N-methyl/N-ethyl adjacent to an activating group) is 1. The van der Waals surface area contributed by atoms with Gasteiger partial charge in [-0.25, -0.2) is 0 Å². The Morgan fingerprint density at radius 3 is 1.94 bits per heavy atom. The summed E-state index contributed by atoms with van der Waals surface area (Å²) in [6, 6.07) is -0.219. The molecule has 4 fully saturated rings.